The molecule has 2 aromatic heterocycles. The maximum atomic E-state index is 12.4. The molecule has 0 unspecified atom stereocenters. The molecule has 1 N–H and O–H groups in total. The second kappa shape index (κ2) is 8.81. The number of rotatable bonds is 7. The molecule has 0 fully saturated rings. The first-order chi connectivity index (χ1) is 14.3. The maximum Gasteiger partial charge on any atom is 0.306 e. The zero-order valence-electron chi connectivity index (χ0n) is 17.3. The predicted molar refractivity (Wildman–Crippen MR) is 109 cm³/mol. The summed E-state index contributed by atoms with van der Waals surface area (Å²) in [6.07, 6.45) is 0.916. The number of ketones is 1. The molecular weight excluding hydrogens is 386 g/mol. The van der Waals surface area contributed by atoms with Crippen molar-refractivity contribution < 1.29 is 19.1 Å². The third-order valence-electron chi connectivity index (χ3n) is 4.81. The molecule has 0 saturated heterocycles. The zero-order valence-corrected chi connectivity index (χ0v) is 17.3. The first-order valence-corrected chi connectivity index (χ1v) is 9.54. The molecule has 1 amide bonds. The first kappa shape index (κ1) is 21.1. The highest BCUT2D eigenvalue weighted by Crippen LogP contribution is 2.17. The molecule has 3 aromatic rings. The van der Waals surface area contributed by atoms with Crippen molar-refractivity contribution in [2.24, 2.45) is 0 Å². The summed E-state index contributed by atoms with van der Waals surface area (Å²) in [6.45, 7) is 6.65. The Morgan fingerprint density at radius 3 is 2.67 bits per heavy atom. The zero-order chi connectivity index (χ0) is 21.8. The summed E-state index contributed by atoms with van der Waals surface area (Å²) in [4.78, 5) is 44.8. The van der Waals surface area contributed by atoms with Crippen LogP contribution in [0, 0.1) is 13.8 Å². The topological polar surface area (TPSA) is 116 Å². The lowest BCUT2D eigenvalue weighted by Crippen LogP contribution is -2.30. The molecule has 0 aliphatic carbocycles. The van der Waals surface area contributed by atoms with Gasteiger partial charge in [-0.05, 0) is 51.8 Å². The van der Waals surface area contributed by atoms with Crippen LogP contribution in [0.2, 0.25) is 0 Å². The minimum Gasteiger partial charge on any atom is -0.453 e. The monoisotopic (exact) mass is 409 g/mol. The molecule has 0 spiro atoms. The number of ether oxygens (including phenoxy) is 1. The fourth-order valence-corrected chi connectivity index (χ4v) is 3.19. The number of Topliss-reactive ketones (excluding diaryl/α,β-unsaturated/α-hetero) is 1. The fourth-order valence-electron chi connectivity index (χ4n) is 3.19. The van der Waals surface area contributed by atoms with Crippen LogP contribution in [-0.2, 0) is 20.7 Å². The third kappa shape index (κ3) is 4.51. The van der Waals surface area contributed by atoms with Crippen molar-refractivity contribution >= 4 is 29.1 Å². The summed E-state index contributed by atoms with van der Waals surface area (Å²) in [6, 6.07) is 6.68. The number of para-hydroxylation sites is 1. The van der Waals surface area contributed by atoms with Gasteiger partial charge in [-0.2, -0.15) is 10.1 Å². The SMILES string of the molecule is CC(=O)c1ccccc1NC(=O)[C@H](C)OC(=O)CCc1c(C)nc2ncnn2c1C. The van der Waals surface area contributed by atoms with E-state index in [-0.39, 0.29) is 12.2 Å². The number of nitrogens with zero attached hydrogens (tertiary/aromatic N) is 4. The van der Waals surface area contributed by atoms with Crippen molar-refractivity contribution in [3.05, 3.63) is 53.1 Å². The Labute approximate surface area is 173 Å². The Bertz CT molecular complexity index is 1120. The fraction of sp³-hybridized carbons (Fsp3) is 0.333. The lowest BCUT2D eigenvalue weighted by atomic mass is 10.1. The van der Waals surface area contributed by atoms with Crippen molar-refractivity contribution in [3.8, 4) is 0 Å². The van der Waals surface area contributed by atoms with E-state index in [4.69, 9.17) is 4.74 Å². The van der Waals surface area contributed by atoms with Gasteiger partial charge in [0.25, 0.3) is 11.7 Å². The Morgan fingerprint density at radius 1 is 1.20 bits per heavy atom. The van der Waals surface area contributed by atoms with E-state index in [1.54, 1.807) is 28.8 Å². The molecule has 0 bridgehead atoms. The predicted octanol–water partition coefficient (Wildman–Crippen LogP) is 2.45. The average Bonchev–Trinajstić information content (AvgIpc) is 3.16. The highest BCUT2D eigenvalue weighted by atomic mass is 16.5. The van der Waals surface area contributed by atoms with Gasteiger partial charge in [0.1, 0.15) is 6.33 Å². The van der Waals surface area contributed by atoms with Crippen LogP contribution in [0.1, 0.15) is 47.6 Å². The van der Waals surface area contributed by atoms with Gasteiger partial charge < -0.3 is 10.1 Å². The lowest BCUT2D eigenvalue weighted by Gasteiger charge is -2.15. The smallest absolute Gasteiger partial charge is 0.306 e. The van der Waals surface area contributed by atoms with E-state index in [9.17, 15) is 14.4 Å². The summed E-state index contributed by atoms with van der Waals surface area (Å²) in [7, 11) is 0. The molecule has 156 valence electrons. The second-order valence-corrected chi connectivity index (χ2v) is 6.96. The minimum atomic E-state index is -1.00. The second-order valence-electron chi connectivity index (χ2n) is 6.96. The summed E-state index contributed by atoms with van der Waals surface area (Å²) >= 11 is 0. The number of esters is 1. The number of aromatic nitrogens is 4. The van der Waals surface area contributed by atoms with E-state index < -0.39 is 18.0 Å². The summed E-state index contributed by atoms with van der Waals surface area (Å²) < 4.78 is 6.89. The first-order valence-electron chi connectivity index (χ1n) is 9.54. The molecule has 0 saturated carbocycles. The molecule has 0 aliphatic heterocycles. The van der Waals surface area contributed by atoms with Gasteiger partial charge >= 0.3 is 5.97 Å². The van der Waals surface area contributed by atoms with Crippen LogP contribution in [0.25, 0.3) is 5.78 Å². The number of nitrogens with one attached hydrogen (secondary N) is 1. The van der Waals surface area contributed by atoms with Crippen LogP contribution >= 0.6 is 0 Å². The van der Waals surface area contributed by atoms with Crippen molar-refractivity contribution in [3.63, 3.8) is 0 Å². The van der Waals surface area contributed by atoms with E-state index in [1.165, 1.54) is 20.2 Å². The number of aryl methyl sites for hydroxylation is 2. The highest BCUT2D eigenvalue weighted by molar-refractivity contribution is 6.04. The molecule has 0 radical (unpaired) electrons. The Hall–Kier alpha value is -3.62. The average molecular weight is 409 g/mol. The molecular formula is C21H23N5O4. The van der Waals surface area contributed by atoms with Crippen LogP contribution in [0.5, 0.6) is 0 Å². The van der Waals surface area contributed by atoms with E-state index in [1.807, 2.05) is 13.8 Å². The van der Waals surface area contributed by atoms with Crippen LogP contribution in [0.3, 0.4) is 0 Å². The highest BCUT2D eigenvalue weighted by Gasteiger charge is 2.20. The van der Waals surface area contributed by atoms with Gasteiger partial charge in [0.05, 0.1) is 5.69 Å². The minimum absolute atomic E-state index is 0.0885. The molecule has 1 atom stereocenters. The molecule has 3 rings (SSSR count). The standard InChI is InChI=1S/C21H23N5O4/c1-12-16(13(2)26-21(24-12)22-11-23-26)9-10-19(28)30-15(4)20(29)25-18-8-6-5-7-17(18)14(3)27/h5-8,11,15H,9-10H2,1-4H3,(H,25,29)/t15-/m0/s1. The van der Waals surface area contributed by atoms with Crippen molar-refractivity contribution in [1.29, 1.82) is 0 Å². The maximum absolute atomic E-state index is 12.4. The molecule has 30 heavy (non-hydrogen) atoms. The van der Waals surface area contributed by atoms with Crippen molar-refractivity contribution in [2.75, 3.05) is 5.32 Å². The number of fused-ring (bicyclic) bond motifs is 1. The summed E-state index contributed by atoms with van der Waals surface area (Å²) in [5.41, 5.74) is 3.29. The number of carbonyl (C=O) groups excluding carboxylic acids is 3. The lowest BCUT2D eigenvalue weighted by molar-refractivity contribution is -0.153. The van der Waals surface area contributed by atoms with Crippen LogP contribution in [0.4, 0.5) is 5.69 Å². The van der Waals surface area contributed by atoms with E-state index in [0.717, 1.165) is 17.0 Å². The van der Waals surface area contributed by atoms with Gasteiger partial charge in [-0.1, -0.05) is 12.1 Å². The number of anilines is 1. The molecule has 0 aliphatic rings. The van der Waals surface area contributed by atoms with Gasteiger partial charge in [-0.15, -0.1) is 0 Å². The summed E-state index contributed by atoms with van der Waals surface area (Å²) in [5.74, 6) is -0.670. The normalized spacial score (nSPS) is 11.9. The Balaban J connectivity index is 1.60. The quantitative estimate of drug-likeness (QED) is 0.471. The number of hydrogen-bond acceptors (Lipinski definition) is 7. The van der Waals surface area contributed by atoms with Crippen LogP contribution < -0.4 is 5.32 Å². The van der Waals surface area contributed by atoms with Crippen LogP contribution in [0.15, 0.2) is 30.6 Å². The van der Waals surface area contributed by atoms with Gasteiger partial charge in [-0.25, -0.2) is 9.50 Å². The Morgan fingerprint density at radius 2 is 1.93 bits per heavy atom. The Kier molecular flexibility index (Phi) is 6.20. The van der Waals surface area contributed by atoms with Gasteiger partial charge in [0.15, 0.2) is 11.9 Å². The number of benzene rings is 1. The summed E-state index contributed by atoms with van der Waals surface area (Å²) in [5, 5.41) is 6.77. The largest absolute Gasteiger partial charge is 0.453 e. The van der Waals surface area contributed by atoms with Crippen molar-refractivity contribution in [2.45, 2.75) is 46.6 Å². The number of hydrogen-bond donors (Lipinski definition) is 1. The van der Waals surface area contributed by atoms with E-state index in [2.05, 4.69) is 20.4 Å². The van der Waals surface area contributed by atoms with E-state index in [0.29, 0.717) is 23.4 Å². The molecule has 2 heterocycles. The van der Waals surface area contributed by atoms with Crippen molar-refractivity contribution in [1.82, 2.24) is 19.6 Å². The van der Waals surface area contributed by atoms with Gasteiger partial charge in [-0.3, -0.25) is 14.4 Å². The number of amides is 1. The van der Waals surface area contributed by atoms with E-state index >= 15 is 0 Å². The van der Waals surface area contributed by atoms with Crippen LogP contribution in [-0.4, -0.2) is 43.3 Å². The van der Waals surface area contributed by atoms with Gasteiger partial charge in [0.2, 0.25) is 0 Å². The molecule has 9 heteroatoms. The molecule has 9 nitrogen and oxygen atoms in total. The third-order valence-corrected chi connectivity index (χ3v) is 4.81. The molecule has 1 aromatic carbocycles. The van der Waals surface area contributed by atoms with Gasteiger partial charge in [0, 0.05) is 23.4 Å². The number of carbonyl (C=O) groups is 3.